The number of allylic oxidation sites excluding steroid dienone is 2. The van der Waals surface area contributed by atoms with Crippen LogP contribution in [0.4, 0.5) is 13.2 Å². The van der Waals surface area contributed by atoms with Gasteiger partial charge in [0.15, 0.2) is 0 Å². The molecular formula is C15H22F3NO2. The zero-order valence-corrected chi connectivity index (χ0v) is 12.4. The normalized spacial score (nSPS) is 28.2. The van der Waals surface area contributed by atoms with E-state index >= 15 is 0 Å². The molecule has 2 atom stereocenters. The first-order valence-electron chi connectivity index (χ1n) is 7.27. The Hall–Kier alpha value is -0.850. The lowest BCUT2D eigenvalue weighted by Gasteiger charge is -2.29. The maximum absolute atomic E-state index is 12.8. The average molecular weight is 305 g/mol. The molecule has 0 aromatic carbocycles. The van der Waals surface area contributed by atoms with Gasteiger partial charge in [-0.1, -0.05) is 19.1 Å². The third-order valence-corrected chi connectivity index (χ3v) is 3.91. The van der Waals surface area contributed by atoms with Gasteiger partial charge in [0.05, 0.1) is 31.5 Å². The molecule has 21 heavy (non-hydrogen) atoms. The van der Waals surface area contributed by atoms with Crippen molar-refractivity contribution in [3.63, 3.8) is 0 Å². The molecule has 0 aromatic heterocycles. The molecule has 2 rings (SSSR count). The standard InChI is InChI=1S/C15H22F3NO2/c1-11-10-14(12(2)9-13(11)15(16,17)18)21-8-5-19-3-6-20-7-4-19/h9-10,12,14H,3-8H2,1-2H3. The summed E-state index contributed by atoms with van der Waals surface area (Å²) in [5, 5.41) is 0. The minimum Gasteiger partial charge on any atom is -0.379 e. The molecule has 1 aliphatic heterocycles. The van der Waals surface area contributed by atoms with Crippen molar-refractivity contribution >= 4 is 0 Å². The Morgan fingerprint density at radius 3 is 2.57 bits per heavy atom. The highest BCUT2D eigenvalue weighted by atomic mass is 19.4. The molecule has 1 heterocycles. The molecule has 0 spiro atoms. The number of morpholine rings is 1. The highest BCUT2D eigenvalue weighted by Gasteiger charge is 2.37. The van der Waals surface area contributed by atoms with Crippen LogP contribution in [0.1, 0.15) is 13.8 Å². The minimum absolute atomic E-state index is 0.247. The third-order valence-electron chi connectivity index (χ3n) is 3.91. The van der Waals surface area contributed by atoms with E-state index in [2.05, 4.69) is 4.90 Å². The van der Waals surface area contributed by atoms with Crippen LogP contribution in [0.3, 0.4) is 0 Å². The highest BCUT2D eigenvalue weighted by Crippen LogP contribution is 2.36. The first-order valence-corrected chi connectivity index (χ1v) is 7.27. The van der Waals surface area contributed by atoms with Gasteiger partial charge >= 0.3 is 6.18 Å². The largest absolute Gasteiger partial charge is 0.416 e. The van der Waals surface area contributed by atoms with E-state index < -0.39 is 11.7 Å². The molecule has 120 valence electrons. The highest BCUT2D eigenvalue weighted by molar-refractivity contribution is 5.38. The molecule has 2 aliphatic rings. The van der Waals surface area contributed by atoms with Crippen molar-refractivity contribution in [3.05, 3.63) is 23.3 Å². The van der Waals surface area contributed by atoms with E-state index in [1.165, 1.54) is 13.0 Å². The lowest BCUT2D eigenvalue weighted by Crippen LogP contribution is -2.39. The molecule has 1 aliphatic carbocycles. The zero-order valence-electron chi connectivity index (χ0n) is 12.4. The van der Waals surface area contributed by atoms with Gasteiger partial charge in [0.2, 0.25) is 0 Å². The van der Waals surface area contributed by atoms with Crippen LogP contribution < -0.4 is 0 Å². The second kappa shape index (κ2) is 6.94. The fourth-order valence-electron chi connectivity index (χ4n) is 2.64. The van der Waals surface area contributed by atoms with E-state index in [9.17, 15) is 13.2 Å². The molecule has 0 amide bonds. The van der Waals surface area contributed by atoms with Crippen molar-refractivity contribution in [3.8, 4) is 0 Å². The summed E-state index contributed by atoms with van der Waals surface area (Å²) in [6, 6.07) is 0. The van der Waals surface area contributed by atoms with Crippen molar-refractivity contribution in [2.24, 2.45) is 5.92 Å². The smallest absolute Gasteiger partial charge is 0.379 e. The molecule has 1 saturated heterocycles. The number of hydrogen-bond donors (Lipinski definition) is 0. The molecule has 2 unspecified atom stereocenters. The summed E-state index contributed by atoms with van der Waals surface area (Å²) in [4.78, 5) is 2.24. The van der Waals surface area contributed by atoms with Gasteiger partial charge in [-0.05, 0) is 12.5 Å². The lowest BCUT2D eigenvalue weighted by molar-refractivity contribution is -0.0909. The Kier molecular flexibility index (Phi) is 5.46. The third kappa shape index (κ3) is 4.56. The van der Waals surface area contributed by atoms with Crippen LogP contribution in [0.2, 0.25) is 0 Å². The fourth-order valence-corrected chi connectivity index (χ4v) is 2.64. The minimum atomic E-state index is -4.28. The molecule has 0 bridgehead atoms. The van der Waals surface area contributed by atoms with Gasteiger partial charge in [-0.2, -0.15) is 13.2 Å². The van der Waals surface area contributed by atoms with Crippen molar-refractivity contribution < 1.29 is 22.6 Å². The van der Waals surface area contributed by atoms with E-state index in [0.29, 0.717) is 6.61 Å². The average Bonchev–Trinajstić information content (AvgIpc) is 2.42. The predicted molar refractivity (Wildman–Crippen MR) is 74.1 cm³/mol. The van der Waals surface area contributed by atoms with Gasteiger partial charge in [-0.15, -0.1) is 0 Å². The number of ether oxygens (including phenoxy) is 2. The lowest BCUT2D eigenvalue weighted by atomic mass is 9.90. The summed E-state index contributed by atoms with van der Waals surface area (Å²) in [7, 11) is 0. The van der Waals surface area contributed by atoms with Crippen LogP contribution in [-0.2, 0) is 9.47 Å². The fraction of sp³-hybridized carbons (Fsp3) is 0.733. The van der Waals surface area contributed by atoms with E-state index in [1.54, 1.807) is 13.0 Å². The van der Waals surface area contributed by atoms with Gasteiger partial charge in [0, 0.05) is 25.6 Å². The van der Waals surface area contributed by atoms with Crippen LogP contribution in [0.15, 0.2) is 23.3 Å². The van der Waals surface area contributed by atoms with Crippen LogP contribution >= 0.6 is 0 Å². The van der Waals surface area contributed by atoms with Gasteiger partial charge in [0.1, 0.15) is 0 Å². The summed E-state index contributed by atoms with van der Waals surface area (Å²) in [6.07, 6.45) is -1.70. The topological polar surface area (TPSA) is 21.7 Å². The van der Waals surface area contributed by atoms with Gasteiger partial charge < -0.3 is 9.47 Å². The van der Waals surface area contributed by atoms with E-state index in [-0.39, 0.29) is 17.6 Å². The van der Waals surface area contributed by atoms with Crippen LogP contribution in [-0.4, -0.2) is 56.6 Å². The van der Waals surface area contributed by atoms with Gasteiger partial charge in [-0.3, -0.25) is 4.90 Å². The summed E-state index contributed by atoms with van der Waals surface area (Å²) in [6.45, 7) is 7.79. The Morgan fingerprint density at radius 2 is 1.95 bits per heavy atom. The van der Waals surface area contributed by atoms with Crippen molar-refractivity contribution in [1.82, 2.24) is 4.90 Å². The molecule has 6 heteroatoms. The maximum Gasteiger partial charge on any atom is 0.416 e. The second-order valence-electron chi connectivity index (χ2n) is 5.58. The number of alkyl halides is 3. The second-order valence-corrected chi connectivity index (χ2v) is 5.58. The molecule has 3 nitrogen and oxygen atoms in total. The maximum atomic E-state index is 12.8. The van der Waals surface area contributed by atoms with E-state index in [0.717, 1.165) is 32.8 Å². The molecule has 0 N–H and O–H groups in total. The molecular weight excluding hydrogens is 283 g/mol. The summed E-state index contributed by atoms with van der Waals surface area (Å²) < 4.78 is 49.5. The van der Waals surface area contributed by atoms with Crippen LogP contribution in [0, 0.1) is 5.92 Å². The summed E-state index contributed by atoms with van der Waals surface area (Å²) in [5.41, 5.74) is -0.292. The Balaban J connectivity index is 1.84. The SMILES string of the molecule is CC1=CC(OCCN2CCOCC2)C(C)C=C1C(F)(F)F. The van der Waals surface area contributed by atoms with Crippen LogP contribution in [0.25, 0.3) is 0 Å². The Labute approximate surface area is 123 Å². The van der Waals surface area contributed by atoms with Gasteiger partial charge in [0.25, 0.3) is 0 Å². The van der Waals surface area contributed by atoms with Crippen molar-refractivity contribution in [2.75, 3.05) is 39.5 Å². The van der Waals surface area contributed by atoms with Crippen LogP contribution in [0.5, 0.6) is 0 Å². The summed E-state index contributed by atoms with van der Waals surface area (Å²) in [5.74, 6) is -0.269. The zero-order chi connectivity index (χ0) is 15.5. The quantitative estimate of drug-likeness (QED) is 0.797. The predicted octanol–water partition coefficient (Wildman–Crippen LogP) is 2.79. The molecule has 0 aromatic rings. The van der Waals surface area contributed by atoms with Gasteiger partial charge in [-0.25, -0.2) is 0 Å². The number of rotatable bonds is 4. The first-order chi connectivity index (χ1) is 9.88. The molecule has 1 fully saturated rings. The van der Waals surface area contributed by atoms with Crippen molar-refractivity contribution in [2.45, 2.75) is 26.1 Å². The Morgan fingerprint density at radius 1 is 1.29 bits per heavy atom. The first kappa shape index (κ1) is 16.5. The number of hydrogen-bond acceptors (Lipinski definition) is 3. The Bertz CT molecular complexity index is 412. The van der Waals surface area contributed by atoms with E-state index in [4.69, 9.17) is 9.47 Å². The number of nitrogens with zero attached hydrogens (tertiary/aromatic N) is 1. The van der Waals surface area contributed by atoms with E-state index in [1.807, 2.05) is 0 Å². The summed E-state index contributed by atoms with van der Waals surface area (Å²) >= 11 is 0. The molecule has 0 radical (unpaired) electrons. The van der Waals surface area contributed by atoms with Crippen molar-refractivity contribution in [1.29, 1.82) is 0 Å². The number of halogens is 3. The monoisotopic (exact) mass is 305 g/mol. The molecule has 0 saturated carbocycles.